The van der Waals surface area contributed by atoms with Gasteiger partial charge < -0.3 is 15.5 Å². The standard InChI is InChI=1S/C15H14N4O2/c20-14-6-1-11(9-15(14)21)10-16-12-2-4-13(5-3-12)19-17-7-8-18-19/h1-9,16,20-21H,10H2. The molecule has 21 heavy (non-hydrogen) atoms. The fourth-order valence-corrected chi connectivity index (χ4v) is 1.94. The van der Waals surface area contributed by atoms with Gasteiger partial charge in [0.15, 0.2) is 11.5 Å². The van der Waals surface area contributed by atoms with Gasteiger partial charge in [0.05, 0.1) is 18.1 Å². The third kappa shape index (κ3) is 2.94. The molecule has 6 nitrogen and oxygen atoms in total. The molecule has 0 aliphatic heterocycles. The van der Waals surface area contributed by atoms with Gasteiger partial charge in [-0.2, -0.15) is 15.0 Å². The zero-order valence-corrected chi connectivity index (χ0v) is 11.1. The number of phenolic OH excluding ortho intramolecular Hbond substituents is 2. The first kappa shape index (κ1) is 13.0. The van der Waals surface area contributed by atoms with Crippen molar-refractivity contribution in [1.29, 1.82) is 0 Å². The Hall–Kier alpha value is -3.02. The van der Waals surface area contributed by atoms with E-state index in [-0.39, 0.29) is 11.5 Å². The van der Waals surface area contributed by atoms with Crippen molar-refractivity contribution in [1.82, 2.24) is 15.0 Å². The molecule has 0 radical (unpaired) electrons. The minimum atomic E-state index is -0.116. The van der Waals surface area contributed by atoms with E-state index in [4.69, 9.17) is 0 Å². The molecule has 3 aromatic rings. The molecule has 0 aliphatic rings. The number of aromatic hydroxyl groups is 2. The first-order valence-electron chi connectivity index (χ1n) is 6.44. The minimum absolute atomic E-state index is 0.116. The van der Waals surface area contributed by atoms with E-state index in [9.17, 15) is 10.2 Å². The molecule has 0 fully saturated rings. The summed E-state index contributed by atoms with van der Waals surface area (Å²) in [5, 5.41) is 30.1. The van der Waals surface area contributed by atoms with E-state index in [0.29, 0.717) is 6.54 Å². The molecule has 3 N–H and O–H groups in total. The number of phenols is 2. The second-order valence-electron chi connectivity index (χ2n) is 4.54. The number of rotatable bonds is 4. The highest BCUT2D eigenvalue weighted by Crippen LogP contribution is 2.25. The predicted octanol–water partition coefficient (Wildman–Crippen LogP) is 2.29. The van der Waals surface area contributed by atoms with Crippen LogP contribution in [0.5, 0.6) is 11.5 Å². The van der Waals surface area contributed by atoms with Crippen LogP contribution < -0.4 is 5.32 Å². The first-order chi connectivity index (χ1) is 10.2. The smallest absolute Gasteiger partial charge is 0.157 e. The first-order valence-corrected chi connectivity index (χ1v) is 6.44. The normalized spacial score (nSPS) is 10.5. The number of nitrogens with zero attached hydrogens (tertiary/aromatic N) is 3. The molecule has 0 atom stereocenters. The summed E-state index contributed by atoms with van der Waals surface area (Å²) >= 11 is 0. The van der Waals surface area contributed by atoms with Gasteiger partial charge in [-0.25, -0.2) is 0 Å². The Morgan fingerprint density at radius 1 is 0.905 bits per heavy atom. The Kier molecular flexibility index (Phi) is 3.42. The molecular weight excluding hydrogens is 268 g/mol. The zero-order chi connectivity index (χ0) is 14.7. The van der Waals surface area contributed by atoms with Crippen molar-refractivity contribution >= 4 is 5.69 Å². The summed E-state index contributed by atoms with van der Waals surface area (Å²) in [7, 11) is 0. The number of hydrogen-bond donors (Lipinski definition) is 3. The van der Waals surface area contributed by atoms with Crippen LogP contribution in [0, 0.1) is 0 Å². The third-order valence-electron chi connectivity index (χ3n) is 3.05. The predicted molar refractivity (Wildman–Crippen MR) is 78.5 cm³/mol. The number of aromatic nitrogens is 3. The van der Waals surface area contributed by atoms with Gasteiger partial charge in [-0.1, -0.05) is 6.07 Å². The summed E-state index contributed by atoms with van der Waals surface area (Å²) in [6, 6.07) is 12.4. The van der Waals surface area contributed by atoms with Crippen LogP contribution in [-0.2, 0) is 6.54 Å². The van der Waals surface area contributed by atoms with Gasteiger partial charge in [0.2, 0.25) is 0 Å². The Morgan fingerprint density at radius 2 is 1.62 bits per heavy atom. The van der Waals surface area contributed by atoms with Crippen molar-refractivity contribution in [2.75, 3.05) is 5.32 Å². The molecule has 1 heterocycles. The van der Waals surface area contributed by atoms with E-state index in [1.165, 1.54) is 12.1 Å². The lowest BCUT2D eigenvalue weighted by molar-refractivity contribution is 0.403. The van der Waals surface area contributed by atoms with E-state index >= 15 is 0 Å². The highest BCUT2D eigenvalue weighted by atomic mass is 16.3. The molecule has 2 aromatic carbocycles. The Labute approximate surface area is 121 Å². The lowest BCUT2D eigenvalue weighted by Gasteiger charge is -2.08. The van der Waals surface area contributed by atoms with Crippen molar-refractivity contribution in [3.05, 3.63) is 60.4 Å². The maximum atomic E-state index is 9.44. The Morgan fingerprint density at radius 3 is 2.29 bits per heavy atom. The van der Waals surface area contributed by atoms with E-state index in [1.807, 2.05) is 24.3 Å². The summed E-state index contributed by atoms with van der Waals surface area (Å²) in [5.74, 6) is -0.232. The summed E-state index contributed by atoms with van der Waals surface area (Å²) in [4.78, 5) is 1.54. The zero-order valence-electron chi connectivity index (χ0n) is 11.1. The van der Waals surface area contributed by atoms with E-state index in [2.05, 4.69) is 15.5 Å². The van der Waals surface area contributed by atoms with Crippen molar-refractivity contribution in [3.63, 3.8) is 0 Å². The fraction of sp³-hybridized carbons (Fsp3) is 0.0667. The Balaban J connectivity index is 1.66. The van der Waals surface area contributed by atoms with Gasteiger partial charge >= 0.3 is 0 Å². The lowest BCUT2D eigenvalue weighted by Crippen LogP contribution is -2.01. The molecule has 1 aromatic heterocycles. The molecule has 0 saturated heterocycles. The van der Waals surface area contributed by atoms with Crippen molar-refractivity contribution in [3.8, 4) is 17.2 Å². The number of benzene rings is 2. The lowest BCUT2D eigenvalue weighted by atomic mass is 10.2. The summed E-state index contributed by atoms with van der Waals surface area (Å²) in [5.41, 5.74) is 2.70. The molecule has 0 bridgehead atoms. The summed E-state index contributed by atoms with van der Waals surface area (Å²) in [6.07, 6.45) is 3.26. The second kappa shape index (κ2) is 5.54. The summed E-state index contributed by atoms with van der Waals surface area (Å²) in [6.45, 7) is 0.549. The molecule has 0 aliphatic carbocycles. The molecule has 3 rings (SSSR count). The molecular formula is C15H14N4O2. The van der Waals surface area contributed by atoms with E-state index < -0.39 is 0 Å². The SMILES string of the molecule is Oc1ccc(CNc2ccc(-n3nccn3)cc2)cc1O. The third-order valence-corrected chi connectivity index (χ3v) is 3.05. The quantitative estimate of drug-likeness (QED) is 0.639. The Bertz CT molecular complexity index is 724. The van der Waals surface area contributed by atoms with Crippen LogP contribution in [-0.4, -0.2) is 25.2 Å². The number of nitrogens with one attached hydrogen (secondary N) is 1. The van der Waals surface area contributed by atoms with Crippen molar-refractivity contribution < 1.29 is 10.2 Å². The van der Waals surface area contributed by atoms with Crippen LogP contribution >= 0.6 is 0 Å². The molecule has 6 heteroatoms. The van der Waals surface area contributed by atoms with Gasteiger partial charge in [0.1, 0.15) is 0 Å². The largest absolute Gasteiger partial charge is 0.504 e. The van der Waals surface area contributed by atoms with Gasteiger partial charge in [-0.15, -0.1) is 0 Å². The van der Waals surface area contributed by atoms with Gasteiger partial charge in [0, 0.05) is 12.2 Å². The van der Waals surface area contributed by atoms with Crippen molar-refractivity contribution in [2.24, 2.45) is 0 Å². The molecule has 0 saturated carbocycles. The van der Waals surface area contributed by atoms with E-state index in [0.717, 1.165) is 16.9 Å². The summed E-state index contributed by atoms with van der Waals surface area (Å²) < 4.78 is 0. The van der Waals surface area contributed by atoms with Crippen LogP contribution in [0.1, 0.15) is 5.56 Å². The van der Waals surface area contributed by atoms with Crippen LogP contribution in [0.3, 0.4) is 0 Å². The molecule has 0 amide bonds. The van der Waals surface area contributed by atoms with Crippen LogP contribution in [0.4, 0.5) is 5.69 Å². The average molecular weight is 282 g/mol. The molecule has 0 unspecified atom stereocenters. The molecule has 106 valence electrons. The van der Waals surface area contributed by atoms with Gasteiger partial charge in [0.25, 0.3) is 0 Å². The topological polar surface area (TPSA) is 83.2 Å². The number of anilines is 1. The van der Waals surface area contributed by atoms with Crippen molar-refractivity contribution in [2.45, 2.75) is 6.54 Å². The van der Waals surface area contributed by atoms with Gasteiger partial charge in [-0.3, -0.25) is 0 Å². The second-order valence-corrected chi connectivity index (χ2v) is 4.54. The fourth-order valence-electron chi connectivity index (χ4n) is 1.94. The van der Waals surface area contributed by atoms with Crippen LogP contribution in [0.15, 0.2) is 54.9 Å². The van der Waals surface area contributed by atoms with Crippen LogP contribution in [0.2, 0.25) is 0 Å². The maximum absolute atomic E-state index is 9.44. The highest BCUT2D eigenvalue weighted by molar-refractivity contribution is 5.49. The monoisotopic (exact) mass is 282 g/mol. The molecule has 0 spiro atoms. The minimum Gasteiger partial charge on any atom is -0.504 e. The van der Waals surface area contributed by atoms with E-state index in [1.54, 1.807) is 23.3 Å². The van der Waals surface area contributed by atoms with Crippen LogP contribution in [0.25, 0.3) is 5.69 Å². The van der Waals surface area contributed by atoms with Gasteiger partial charge in [-0.05, 0) is 42.0 Å². The maximum Gasteiger partial charge on any atom is 0.157 e. The number of hydrogen-bond acceptors (Lipinski definition) is 5. The average Bonchev–Trinajstić information content (AvgIpc) is 3.03. The highest BCUT2D eigenvalue weighted by Gasteiger charge is 2.01.